The van der Waals surface area contributed by atoms with Crippen LogP contribution in [0.5, 0.6) is 5.75 Å². The monoisotopic (exact) mass is 454 g/mol. The Morgan fingerprint density at radius 1 is 1.38 bits per heavy atom. The molecule has 1 N–H and O–H groups in total. The van der Waals surface area contributed by atoms with E-state index in [1.165, 1.54) is 11.8 Å². The summed E-state index contributed by atoms with van der Waals surface area (Å²) < 4.78 is 12.6. The van der Waals surface area contributed by atoms with Crippen LogP contribution in [0, 0.1) is 0 Å². The molecule has 8 nitrogen and oxygen atoms in total. The molecule has 4 rings (SSSR count). The molecule has 32 heavy (non-hydrogen) atoms. The number of ether oxygens (including phenoxy) is 2. The van der Waals surface area contributed by atoms with Gasteiger partial charge in [0.05, 0.1) is 30.4 Å². The predicted octanol–water partition coefficient (Wildman–Crippen LogP) is 3.49. The number of hydrogen-bond donors (Lipinski definition) is 1. The summed E-state index contributed by atoms with van der Waals surface area (Å²) in [5.41, 5.74) is 0.870. The van der Waals surface area contributed by atoms with Crippen LogP contribution < -0.4 is 15.6 Å². The van der Waals surface area contributed by atoms with Crippen molar-refractivity contribution >= 4 is 34.4 Å². The molecule has 1 aliphatic heterocycles. The number of fused-ring (bicyclic) bond motifs is 1. The van der Waals surface area contributed by atoms with Gasteiger partial charge in [0, 0.05) is 24.6 Å². The number of pyridine rings is 1. The number of carbonyl (C=O) groups excluding carboxylic acids is 1. The van der Waals surface area contributed by atoms with Crippen LogP contribution in [0.1, 0.15) is 26.2 Å². The number of amides is 1. The Labute approximate surface area is 190 Å². The Morgan fingerprint density at radius 3 is 3.00 bits per heavy atom. The van der Waals surface area contributed by atoms with Gasteiger partial charge in [0.25, 0.3) is 5.56 Å². The Hall–Kier alpha value is -2.91. The molecule has 0 unspecified atom stereocenters. The Bertz CT molecular complexity index is 1160. The number of nitrogens with one attached hydrogen (secondary N) is 1. The summed E-state index contributed by atoms with van der Waals surface area (Å²) in [5.74, 6) is 0.501. The highest BCUT2D eigenvalue weighted by molar-refractivity contribution is 8.00. The average molecular weight is 455 g/mol. The van der Waals surface area contributed by atoms with Gasteiger partial charge in [-0.3, -0.25) is 14.2 Å². The Kier molecular flexibility index (Phi) is 7.06. The van der Waals surface area contributed by atoms with Crippen LogP contribution in [0.3, 0.4) is 0 Å². The predicted molar refractivity (Wildman–Crippen MR) is 124 cm³/mol. The number of thioether (sulfide) groups is 1. The summed E-state index contributed by atoms with van der Waals surface area (Å²) in [6.45, 7) is 3.04. The number of methoxy groups -OCH3 is 1. The second kappa shape index (κ2) is 10.1. The summed E-state index contributed by atoms with van der Waals surface area (Å²) in [6.07, 6.45) is 4.02. The highest BCUT2D eigenvalue weighted by atomic mass is 32.2. The van der Waals surface area contributed by atoms with E-state index in [0.29, 0.717) is 47.2 Å². The number of carbonyl (C=O) groups is 1. The quantitative estimate of drug-likeness (QED) is 0.411. The fourth-order valence-electron chi connectivity index (χ4n) is 3.65. The van der Waals surface area contributed by atoms with E-state index >= 15 is 0 Å². The van der Waals surface area contributed by atoms with E-state index in [4.69, 9.17) is 9.47 Å². The minimum Gasteiger partial charge on any atom is -0.497 e. The van der Waals surface area contributed by atoms with Crippen molar-refractivity contribution in [3.8, 4) is 5.75 Å². The van der Waals surface area contributed by atoms with Crippen LogP contribution in [-0.2, 0) is 16.1 Å². The molecule has 0 aliphatic carbocycles. The van der Waals surface area contributed by atoms with Crippen molar-refractivity contribution in [1.82, 2.24) is 14.5 Å². The van der Waals surface area contributed by atoms with Gasteiger partial charge in [-0.15, -0.1) is 0 Å². The van der Waals surface area contributed by atoms with E-state index in [2.05, 4.69) is 15.3 Å². The second-order valence-electron chi connectivity index (χ2n) is 7.56. The van der Waals surface area contributed by atoms with Crippen molar-refractivity contribution in [1.29, 1.82) is 0 Å². The molecule has 2 atom stereocenters. The molecular weight excluding hydrogens is 428 g/mol. The van der Waals surface area contributed by atoms with Crippen molar-refractivity contribution in [2.75, 3.05) is 19.0 Å². The van der Waals surface area contributed by atoms with Crippen LogP contribution in [0.2, 0.25) is 0 Å². The van der Waals surface area contributed by atoms with Gasteiger partial charge in [0.1, 0.15) is 5.75 Å². The maximum Gasteiger partial charge on any atom is 0.263 e. The fraction of sp³-hybridized carbons (Fsp3) is 0.391. The van der Waals surface area contributed by atoms with Crippen molar-refractivity contribution in [2.24, 2.45) is 0 Å². The lowest BCUT2D eigenvalue weighted by Gasteiger charge is -2.19. The third kappa shape index (κ3) is 4.94. The Balaban J connectivity index is 1.62. The maximum atomic E-state index is 13.2. The maximum absolute atomic E-state index is 13.2. The smallest absolute Gasteiger partial charge is 0.263 e. The summed E-state index contributed by atoms with van der Waals surface area (Å²) in [7, 11) is 1.58. The average Bonchev–Trinajstić information content (AvgIpc) is 3.33. The van der Waals surface area contributed by atoms with Gasteiger partial charge < -0.3 is 14.8 Å². The number of nitrogens with zero attached hydrogens (tertiary/aromatic N) is 3. The zero-order chi connectivity index (χ0) is 22.5. The van der Waals surface area contributed by atoms with Gasteiger partial charge in [-0.1, -0.05) is 24.8 Å². The van der Waals surface area contributed by atoms with Crippen molar-refractivity contribution < 1.29 is 14.3 Å². The number of anilines is 1. The molecule has 0 bridgehead atoms. The molecule has 0 saturated carbocycles. The molecule has 0 spiro atoms. The van der Waals surface area contributed by atoms with Crippen LogP contribution in [0.15, 0.2) is 52.5 Å². The zero-order valence-corrected chi connectivity index (χ0v) is 18.9. The minimum atomic E-state index is -0.440. The second-order valence-corrected chi connectivity index (χ2v) is 8.73. The van der Waals surface area contributed by atoms with Crippen molar-refractivity contribution in [3.63, 3.8) is 0 Å². The van der Waals surface area contributed by atoms with Crippen LogP contribution in [-0.4, -0.2) is 45.5 Å². The van der Waals surface area contributed by atoms with Crippen LogP contribution in [0.25, 0.3) is 11.0 Å². The first kappa shape index (κ1) is 22.3. The number of aromatic nitrogens is 3. The summed E-state index contributed by atoms with van der Waals surface area (Å²) in [4.78, 5) is 35.2. The molecule has 0 radical (unpaired) electrons. The van der Waals surface area contributed by atoms with Gasteiger partial charge in [0.2, 0.25) is 5.91 Å². The molecule has 1 aliphatic rings. The summed E-state index contributed by atoms with van der Waals surface area (Å²) >= 11 is 1.28. The lowest BCUT2D eigenvalue weighted by Crippen LogP contribution is -2.31. The molecular formula is C23H26N4O4S. The van der Waals surface area contributed by atoms with Crippen LogP contribution >= 0.6 is 11.8 Å². The first-order chi connectivity index (χ1) is 15.6. The lowest BCUT2D eigenvalue weighted by atomic mass is 10.2. The van der Waals surface area contributed by atoms with E-state index in [0.717, 1.165) is 12.8 Å². The molecule has 2 aromatic heterocycles. The van der Waals surface area contributed by atoms with E-state index < -0.39 is 5.25 Å². The molecule has 1 saturated heterocycles. The largest absolute Gasteiger partial charge is 0.497 e. The van der Waals surface area contributed by atoms with Crippen molar-refractivity contribution in [2.45, 2.75) is 49.2 Å². The summed E-state index contributed by atoms with van der Waals surface area (Å²) in [5, 5.41) is 3.44. The standard InChI is InChI=1S/C23H26N4O4S/c1-3-19(21(28)25-15-7-4-8-16(13-15)30-2)32-23-26-20-18(10-5-11-24-20)22(29)27(23)14-17-9-6-12-31-17/h4-5,7-8,10-11,13,17,19H,3,6,9,12,14H2,1-2H3,(H,25,28)/t17-,19+/m1/s1. The SMILES string of the molecule is CC[C@H](Sc1nc2ncccc2c(=O)n1C[C@H]1CCCO1)C(=O)Nc1cccc(OC)c1. The molecule has 168 valence electrons. The third-order valence-electron chi connectivity index (χ3n) is 5.35. The number of rotatable bonds is 8. The van der Waals surface area contributed by atoms with E-state index in [9.17, 15) is 9.59 Å². The summed E-state index contributed by atoms with van der Waals surface area (Å²) in [6, 6.07) is 10.7. The van der Waals surface area contributed by atoms with Gasteiger partial charge in [-0.05, 0) is 43.5 Å². The lowest BCUT2D eigenvalue weighted by molar-refractivity contribution is -0.115. The van der Waals surface area contributed by atoms with Gasteiger partial charge in [-0.2, -0.15) is 0 Å². The third-order valence-corrected chi connectivity index (χ3v) is 6.71. The normalized spacial score (nSPS) is 16.8. The minimum absolute atomic E-state index is 0.0336. The topological polar surface area (TPSA) is 95.3 Å². The highest BCUT2D eigenvalue weighted by Crippen LogP contribution is 2.27. The van der Waals surface area contributed by atoms with Crippen molar-refractivity contribution in [3.05, 3.63) is 52.9 Å². The van der Waals surface area contributed by atoms with Gasteiger partial charge >= 0.3 is 0 Å². The van der Waals surface area contributed by atoms with Crippen LogP contribution in [0.4, 0.5) is 5.69 Å². The van der Waals surface area contributed by atoms with E-state index in [1.54, 1.807) is 36.1 Å². The fourth-order valence-corrected chi connectivity index (χ4v) is 4.66. The van der Waals surface area contributed by atoms with Gasteiger partial charge in [-0.25, -0.2) is 9.97 Å². The molecule has 1 aromatic carbocycles. The molecule has 3 heterocycles. The van der Waals surface area contributed by atoms with Gasteiger partial charge in [0.15, 0.2) is 10.8 Å². The van der Waals surface area contributed by atoms with E-state index in [1.807, 2.05) is 25.1 Å². The number of hydrogen-bond acceptors (Lipinski definition) is 7. The molecule has 1 fully saturated rings. The first-order valence-corrected chi connectivity index (χ1v) is 11.6. The van der Waals surface area contributed by atoms with E-state index in [-0.39, 0.29) is 17.6 Å². The number of benzene rings is 1. The molecule has 1 amide bonds. The first-order valence-electron chi connectivity index (χ1n) is 10.7. The zero-order valence-electron chi connectivity index (χ0n) is 18.1. The molecule has 3 aromatic rings. The highest BCUT2D eigenvalue weighted by Gasteiger charge is 2.25. The molecule has 9 heteroatoms. The Morgan fingerprint density at radius 2 is 2.25 bits per heavy atom.